The Balaban J connectivity index is 2.56. The molecule has 0 aliphatic carbocycles. The van der Waals surface area contributed by atoms with Gasteiger partial charge in [0.2, 0.25) is 11.8 Å². The van der Waals surface area contributed by atoms with E-state index < -0.39 is 11.8 Å². The quantitative estimate of drug-likeness (QED) is 0.893. The van der Waals surface area contributed by atoms with Crippen LogP contribution in [0.3, 0.4) is 0 Å². The fourth-order valence-corrected chi connectivity index (χ4v) is 2.35. The molecule has 2 rings (SSSR count). The van der Waals surface area contributed by atoms with Crippen LogP contribution in [0.2, 0.25) is 0 Å². The Morgan fingerprint density at radius 3 is 1.95 bits per heavy atom. The molecule has 0 aromatic heterocycles. The van der Waals surface area contributed by atoms with Gasteiger partial charge in [-0.3, -0.25) is 9.59 Å². The smallest absolute Gasteiger partial charge is 0.249 e. The highest BCUT2D eigenvalue weighted by atomic mass is 16.1. The Bertz CT molecular complexity index is 688. The molecule has 2 amide bonds. The number of carbonyl (C=O) groups is 2. The summed E-state index contributed by atoms with van der Waals surface area (Å²) in [6.45, 7) is 3.72. The van der Waals surface area contributed by atoms with Crippen molar-refractivity contribution < 1.29 is 9.59 Å². The lowest BCUT2D eigenvalue weighted by molar-refractivity contribution is 0.0991. The van der Waals surface area contributed by atoms with Crippen molar-refractivity contribution in [1.82, 2.24) is 0 Å². The number of primary amides is 2. The summed E-state index contributed by atoms with van der Waals surface area (Å²) in [7, 11) is 0. The van der Waals surface area contributed by atoms with E-state index in [-0.39, 0.29) is 0 Å². The van der Waals surface area contributed by atoms with Gasteiger partial charge in [-0.2, -0.15) is 0 Å². The van der Waals surface area contributed by atoms with Crippen molar-refractivity contribution in [2.75, 3.05) is 0 Å². The molecule has 4 heteroatoms. The minimum atomic E-state index is -0.463. The summed E-state index contributed by atoms with van der Waals surface area (Å²) in [5.74, 6) is -0.898. The fraction of sp³-hybridized carbons (Fsp3) is 0.125. The molecular formula is C16H16N2O2. The highest BCUT2D eigenvalue weighted by Gasteiger charge is 2.13. The van der Waals surface area contributed by atoms with Crippen LogP contribution in [0.25, 0.3) is 11.1 Å². The van der Waals surface area contributed by atoms with Crippen LogP contribution >= 0.6 is 0 Å². The van der Waals surface area contributed by atoms with Gasteiger partial charge in [0, 0.05) is 11.1 Å². The molecule has 20 heavy (non-hydrogen) atoms. The highest BCUT2D eigenvalue weighted by molar-refractivity contribution is 5.98. The van der Waals surface area contributed by atoms with Crippen LogP contribution in [-0.4, -0.2) is 11.8 Å². The first kappa shape index (κ1) is 13.8. The predicted octanol–water partition coefficient (Wildman–Crippen LogP) is 2.17. The summed E-state index contributed by atoms with van der Waals surface area (Å²) in [4.78, 5) is 22.6. The topological polar surface area (TPSA) is 86.2 Å². The molecule has 0 saturated carbocycles. The van der Waals surface area contributed by atoms with Gasteiger partial charge in [-0.25, -0.2) is 0 Å². The zero-order valence-corrected chi connectivity index (χ0v) is 11.4. The van der Waals surface area contributed by atoms with Crippen molar-refractivity contribution in [3.05, 3.63) is 58.7 Å². The lowest BCUT2D eigenvalue weighted by atomic mass is 9.92. The molecule has 0 spiro atoms. The van der Waals surface area contributed by atoms with E-state index in [0.29, 0.717) is 11.1 Å². The molecule has 2 aromatic rings. The van der Waals surface area contributed by atoms with E-state index in [0.717, 1.165) is 22.3 Å². The van der Waals surface area contributed by atoms with E-state index in [2.05, 4.69) is 0 Å². The fourth-order valence-electron chi connectivity index (χ4n) is 2.35. The maximum Gasteiger partial charge on any atom is 0.249 e. The van der Waals surface area contributed by atoms with E-state index in [1.54, 1.807) is 12.1 Å². The molecule has 0 radical (unpaired) electrons. The van der Waals surface area contributed by atoms with Crippen molar-refractivity contribution in [2.45, 2.75) is 13.8 Å². The van der Waals surface area contributed by atoms with Crippen LogP contribution in [0, 0.1) is 13.8 Å². The van der Waals surface area contributed by atoms with Crippen molar-refractivity contribution in [1.29, 1.82) is 0 Å². The molecule has 0 heterocycles. The van der Waals surface area contributed by atoms with Gasteiger partial charge in [0.1, 0.15) is 0 Å². The Hall–Kier alpha value is -2.62. The number of aryl methyl sites for hydroxylation is 1. The molecule has 0 saturated heterocycles. The summed E-state index contributed by atoms with van der Waals surface area (Å²) in [6.07, 6.45) is 0. The lowest BCUT2D eigenvalue weighted by Gasteiger charge is -2.12. The monoisotopic (exact) mass is 268 g/mol. The van der Waals surface area contributed by atoms with Gasteiger partial charge >= 0.3 is 0 Å². The summed E-state index contributed by atoms with van der Waals surface area (Å²) in [6, 6.07) is 10.8. The first-order chi connectivity index (χ1) is 9.41. The Morgan fingerprint density at radius 2 is 1.45 bits per heavy atom. The van der Waals surface area contributed by atoms with Gasteiger partial charge in [0.05, 0.1) is 0 Å². The minimum absolute atomic E-state index is 0.435. The number of benzene rings is 2. The number of rotatable bonds is 3. The molecule has 0 fully saturated rings. The van der Waals surface area contributed by atoms with Crippen LogP contribution in [0.5, 0.6) is 0 Å². The molecule has 0 aliphatic heterocycles. The molecule has 0 aliphatic rings. The first-order valence-electron chi connectivity index (χ1n) is 6.22. The summed E-state index contributed by atoms with van der Waals surface area (Å²) in [5.41, 5.74) is 15.2. The molecule has 0 bridgehead atoms. The van der Waals surface area contributed by atoms with Gasteiger partial charge < -0.3 is 11.5 Å². The molecule has 4 nitrogen and oxygen atoms in total. The van der Waals surface area contributed by atoms with Crippen LogP contribution < -0.4 is 11.5 Å². The number of hydrogen-bond acceptors (Lipinski definition) is 2. The summed E-state index contributed by atoms with van der Waals surface area (Å²) < 4.78 is 0. The van der Waals surface area contributed by atoms with E-state index in [1.165, 1.54) is 0 Å². The maximum atomic E-state index is 11.5. The number of nitrogens with two attached hydrogens (primary N) is 2. The first-order valence-corrected chi connectivity index (χ1v) is 6.22. The summed E-state index contributed by atoms with van der Waals surface area (Å²) >= 11 is 0. The third-order valence-corrected chi connectivity index (χ3v) is 3.40. The Kier molecular flexibility index (Phi) is 3.57. The minimum Gasteiger partial charge on any atom is -0.366 e. The van der Waals surface area contributed by atoms with Gasteiger partial charge in [-0.05, 0) is 48.2 Å². The van der Waals surface area contributed by atoms with Crippen molar-refractivity contribution in [3.8, 4) is 11.1 Å². The van der Waals surface area contributed by atoms with E-state index >= 15 is 0 Å². The maximum absolute atomic E-state index is 11.5. The lowest BCUT2D eigenvalue weighted by Crippen LogP contribution is -2.15. The molecule has 2 aromatic carbocycles. The SMILES string of the molecule is Cc1ccc(-c2ccc(C(N)=O)cc2)c(C)c1C(N)=O. The van der Waals surface area contributed by atoms with Gasteiger partial charge in [0.15, 0.2) is 0 Å². The van der Waals surface area contributed by atoms with Crippen LogP contribution in [0.4, 0.5) is 0 Å². The highest BCUT2D eigenvalue weighted by Crippen LogP contribution is 2.27. The van der Waals surface area contributed by atoms with Crippen LogP contribution in [0.1, 0.15) is 31.8 Å². The largest absolute Gasteiger partial charge is 0.366 e. The van der Waals surface area contributed by atoms with Crippen molar-refractivity contribution in [2.24, 2.45) is 11.5 Å². The molecule has 102 valence electrons. The number of amides is 2. The molecular weight excluding hydrogens is 252 g/mol. The van der Waals surface area contributed by atoms with Crippen LogP contribution in [0.15, 0.2) is 36.4 Å². The van der Waals surface area contributed by atoms with Gasteiger partial charge in [-0.15, -0.1) is 0 Å². The molecule has 0 unspecified atom stereocenters. The average molecular weight is 268 g/mol. The van der Waals surface area contributed by atoms with Gasteiger partial charge in [-0.1, -0.05) is 24.3 Å². The summed E-state index contributed by atoms with van der Waals surface area (Å²) in [5, 5.41) is 0. The average Bonchev–Trinajstić information content (AvgIpc) is 2.38. The van der Waals surface area contributed by atoms with Crippen molar-refractivity contribution in [3.63, 3.8) is 0 Å². The normalized spacial score (nSPS) is 10.3. The van der Waals surface area contributed by atoms with E-state index in [1.807, 2.05) is 38.1 Å². The zero-order chi connectivity index (χ0) is 14.9. The number of hydrogen-bond donors (Lipinski definition) is 2. The third kappa shape index (κ3) is 2.40. The molecule has 0 atom stereocenters. The molecule has 4 N–H and O–H groups in total. The van der Waals surface area contributed by atoms with Crippen molar-refractivity contribution >= 4 is 11.8 Å². The third-order valence-electron chi connectivity index (χ3n) is 3.40. The second-order valence-electron chi connectivity index (χ2n) is 4.74. The van der Waals surface area contributed by atoms with E-state index in [4.69, 9.17) is 11.5 Å². The predicted molar refractivity (Wildman–Crippen MR) is 78.4 cm³/mol. The number of carbonyl (C=O) groups excluding carboxylic acids is 2. The Morgan fingerprint density at radius 1 is 0.850 bits per heavy atom. The zero-order valence-electron chi connectivity index (χ0n) is 11.4. The van der Waals surface area contributed by atoms with E-state index in [9.17, 15) is 9.59 Å². The Labute approximate surface area is 117 Å². The standard InChI is InChI=1S/C16H16N2O2/c1-9-3-8-13(10(2)14(9)16(18)20)11-4-6-12(7-5-11)15(17)19/h3-8H,1-2H3,(H2,17,19)(H2,18,20). The van der Waals surface area contributed by atoms with Crippen LogP contribution in [-0.2, 0) is 0 Å². The second-order valence-corrected chi connectivity index (χ2v) is 4.74. The van der Waals surface area contributed by atoms with Gasteiger partial charge in [0.25, 0.3) is 0 Å². The second kappa shape index (κ2) is 5.17.